The van der Waals surface area contributed by atoms with Crippen LogP contribution in [0.4, 0.5) is 24.5 Å². The van der Waals surface area contributed by atoms with Gasteiger partial charge in [0, 0.05) is 17.1 Å². The van der Waals surface area contributed by atoms with Crippen molar-refractivity contribution in [2.75, 3.05) is 22.1 Å². The van der Waals surface area contributed by atoms with Crippen LogP contribution < -0.4 is 15.4 Å². The lowest BCUT2D eigenvalue weighted by Crippen LogP contribution is -2.15. The van der Waals surface area contributed by atoms with Crippen LogP contribution in [0.2, 0.25) is 0 Å². The third-order valence-electron chi connectivity index (χ3n) is 6.61. The lowest BCUT2D eigenvalue weighted by molar-refractivity contribution is -0.137. The molecular formula is C33H25F3N6O3S3. The molecule has 0 aliphatic carbocycles. The number of alkyl halides is 3. The highest BCUT2D eigenvalue weighted by atomic mass is 32.2. The van der Waals surface area contributed by atoms with Crippen molar-refractivity contribution in [3.8, 4) is 11.4 Å². The molecule has 0 atom stereocenters. The van der Waals surface area contributed by atoms with E-state index < -0.39 is 17.6 Å². The molecule has 2 N–H and O–H groups in total. The Morgan fingerprint density at radius 3 is 2.21 bits per heavy atom. The molecule has 0 unspecified atom stereocenters. The number of anilines is 2. The van der Waals surface area contributed by atoms with E-state index in [1.54, 1.807) is 18.2 Å². The van der Waals surface area contributed by atoms with E-state index >= 15 is 0 Å². The van der Waals surface area contributed by atoms with E-state index in [9.17, 15) is 22.8 Å². The highest BCUT2D eigenvalue weighted by molar-refractivity contribution is 8.01. The Morgan fingerprint density at radius 2 is 1.48 bits per heavy atom. The van der Waals surface area contributed by atoms with Gasteiger partial charge in [-0.25, -0.2) is 4.98 Å². The monoisotopic (exact) mass is 706 g/mol. The number of hydrogen-bond donors (Lipinski definition) is 2. The smallest absolute Gasteiger partial charge is 0.416 e. The fraction of sp³-hybridized carbons (Fsp3) is 0.121. The molecule has 2 heterocycles. The number of halogens is 3. The topological polar surface area (TPSA) is 111 Å². The van der Waals surface area contributed by atoms with Gasteiger partial charge in [-0.15, -0.1) is 21.5 Å². The summed E-state index contributed by atoms with van der Waals surface area (Å²) in [4.78, 5) is 29.9. The Kier molecular flexibility index (Phi) is 10.3. The molecule has 4 aromatic carbocycles. The summed E-state index contributed by atoms with van der Waals surface area (Å²) in [7, 11) is 0. The first kappa shape index (κ1) is 33.1. The number of amides is 2. The summed E-state index contributed by atoms with van der Waals surface area (Å²) >= 11 is 3.76. The molecule has 6 rings (SSSR count). The summed E-state index contributed by atoms with van der Waals surface area (Å²) in [6.07, 6.45) is -4.50. The maximum absolute atomic E-state index is 13.0. The molecule has 2 amide bonds. The van der Waals surface area contributed by atoms with Gasteiger partial charge in [0.1, 0.15) is 12.4 Å². The number of carbonyl (C=O) groups excluding carboxylic acids is 2. The molecule has 9 nitrogen and oxygen atoms in total. The number of carbonyl (C=O) groups is 2. The normalized spacial score (nSPS) is 11.4. The van der Waals surface area contributed by atoms with Crippen LogP contribution in [0.1, 0.15) is 11.4 Å². The zero-order chi connectivity index (χ0) is 33.5. The summed E-state index contributed by atoms with van der Waals surface area (Å²) < 4.78 is 48.1. The molecule has 0 saturated carbocycles. The molecule has 0 spiro atoms. The number of hydrogen-bond acceptors (Lipinski definition) is 9. The fourth-order valence-corrected chi connectivity index (χ4v) is 7.13. The zero-order valence-electron chi connectivity index (χ0n) is 24.8. The Hall–Kier alpha value is -4.86. The van der Waals surface area contributed by atoms with Gasteiger partial charge in [0.2, 0.25) is 11.8 Å². The minimum absolute atomic E-state index is 0.0371. The van der Waals surface area contributed by atoms with Gasteiger partial charge < -0.3 is 15.4 Å². The van der Waals surface area contributed by atoms with Gasteiger partial charge in [0.15, 0.2) is 15.3 Å². The second kappa shape index (κ2) is 14.9. The largest absolute Gasteiger partial charge is 0.486 e. The third-order valence-corrected chi connectivity index (χ3v) is 9.70. The van der Waals surface area contributed by atoms with Gasteiger partial charge in [-0.1, -0.05) is 66.0 Å². The quantitative estimate of drug-likeness (QED) is 0.124. The predicted octanol–water partition coefficient (Wildman–Crippen LogP) is 7.94. The molecule has 2 aromatic heterocycles. The number of thioether (sulfide) groups is 2. The first-order chi connectivity index (χ1) is 23.2. The molecule has 0 aliphatic heterocycles. The Bertz CT molecular complexity index is 2040. The van der Waals surface area contributed by atoms with Gasteiger partial charge in [-0.2, -0.15) is 13.2 Å². The SMILES string of the molecule is O=C(CSc1nc2ccc(NC(=O)CSc3nnc(COc4ccccc4)n3-c3ccccc3)cc2s1)Nc1cccc(C(F)(F)F)c1. The number of para-hydroxylation sites is 2. The molecule has 244 valence electrons. The van der Waals surface area contributed by atoms with E-state index in [0.717, 1.165) is 22.5 Å². The zero-order valence-corrected chi connectivity index (χ0v) is 27.3. The number of ether oxygens (including phenoxy) is 1. The Morgan fingerprint density at radius 1 is 0.792 bits per heavy atom. The van der Waals surface area contributed by atoms with Crippen molar-refractivity contribution in [2.45, 2.75) is 22.3 Å². The van der Waals surface area contributed by atoms with Gasteiger partial charge in [-0.05, 0) is 60.7 Å². The van der Waals surface area contributed by atoms with E-state index in [1.165, 1.54) is 47.0 Å². The standard InChI is InChI=1S/C33H25F3N6O3S3/c34-33(35,36)21-8-7-9-22(16-21)37-30(44)20-47-32-39-26-15-14-23(17-27(26)48-32)38-29(43)19-46-31-41-40-28(18-45-25-12-5-2-6-13-25)42(31)24-10-3-1-4-11-24/h1-17H,18-20H2,(H,37,44)(H,38,43). The van der Waals surface area contributed by atoms with Gasteiger partial charge in [0.05, 0.1) is 27.3 Å². The summed E-state index contributed by atoms with van der Waals surface area (Å²) in [5.41, 5.74) is 1.34. The van der Waals surface area contributed by atoms with Crippen molar-refractivity contribution in [3.63, 3.8) is 0 Å². The lowest BCUT2D eigenvalue weighted by atomic mass is 10.2. The maximum atomic E-state index is 13.0. The summed E-state index contributed by atoms with van der Waals surface area (Å²) in [6, 6.07) is 28.8. The molecular weight excluding hydrogens is 682 g/mol. The van der Waals surface area contributed by atoms with Gasteiger partial charge in [0.25, 0.3) is 0 Å². The van der Waals surface area contributed by atoms with Crippen LogP contribution in [-0.2, 0) is 22.4 Å². The van der Waals surface area contributed by atoms with Crippen molar-refractivity contribution in [1.82, 2.24) is 19.7 Å². The Labute approximate surface area is 284 Å². The maximum Gasteiger partial charge on any atom is 0.416 e. The number of benzene rings is 4. The van der Waals surface area contributed by atoms with Crippen LogP contribution in [-0.4, -0.2) is 43.1 Å². The summed E-state index contributed by atoms with van der Waals surface area (Å²) in [5.74, 6) is 0.636. The Balaban J connectivity index is 1.05. The van der Waals surface area contributed by atoms with Crippen molar-refractivity contribution < 1.29 is 27.5 Å². The van der Waals surface area contributed by atoms with E-state index in [1.807, 2.05) is 65.2 Å². The number of nitrogens with one attached hydrogen (secondary N) is 2. The van der Waals surface area contributed by atoms with Gasteiger partial charge >= 0.3 is 6.18 Å². The second-order valence-corrected chi connectivity index (χ2v) is 13.3. The van der Waals surface area contributed by atoms with E-state index in [4.69, 9.17) is 4.74 Å². The average molecular weight is 707 g/mol. The minimum atomic E-state index is -4.50. The highest BCUT2D eigenvalue weighted by Crippen LogP contribution is 2.33. The highest BCUT2D eigenvalue weighted by Gasteiger charge is 2.30. The van der Waals surface area contributed by atoms with Crippen molar-refractivity contribution >= 4 is 68.3 Å². The van der Waals surface area contributed by atoms with Crippen molar-refractivity contribution in [1.29, 1.82) is 0 Å². The van der Waals surface area contributed by atoms with Crippen LogP contribution in [0.15, 0.2) is 113 Å². The van der Waals surface area contributed by atoms with E-state index in [2.05, 4.69) is 25.8 Å². The molecule has 0 radical (unpaired) electrons. The van der Waals surface area contributed by atoms with Crippen LogP contribution >= 0.6 is 34.9 Å². The van der Waals surface area contributed by atoms with Crippen LogP contribution in [0, 0.1) is 0 Å². The predicted molar refractivity (Wildman–Crippen MR) is 182 cm³/mol. The molecule has 0 fully saturated rings. The van der Waals surface area contributed by atoms with Crippen LogP contribution in [0.25, 0.3) is 15.9 Å². The average Bonchev–Trinajstić information content (AvgIpc) is 3.69. The van der Waals surface area contributed by atoms with Gasteiger partial charge in [-0.3, -0.25) is 14.2 Å². The summed E-state index contributed by atoms with van der Waals surface area (Å²) in [6.45, 7) is 0.189. The number of thiazole rings is 1. The van der Waals surface area contributed by atoms with E-state index in [0.29, 0.717) is 32.3 Å². The third kappa shape index (κ3) is 8.53. The molecule has 0 aliphatic rings. The second-order valence-electron chi connectivity index (χ2n) is 10.1. The molecule has 0 saturated heterocycles. The number of rotatable bonds is 12. The molecule has 48 heavy (non-hydrogen) atoms. The number of aromatic nitrogens is 4. The summed E-state index contributed by atoms with van der Waals surface area (Å²) in [5, 5.41) is 14.6. The van der Waals surface area contributed by atoms with Crippen LogP contribution in [0.3, 0.4) is 0 Å². The number of nitrogens with zero attached hydrogens (tertiary/aromatic N) is 4. The number of fused-ring (bicyclic) bond motifs is 1. The minimum Gasteiger partial charge on any atom is -0.486 e. The first-order valence-electron chi connectivity index (χ1n) is 14.3. The molecule has 15 heteroatoms. The molecule has 6 aromatic rings. The fourth-order valence-electron chi connectivity index (χ4n) is 4.46. The molecule has 0 bridgehead atoms. The van der Waals surface area contributed by atoms with Crippen LogP contribution in [0.5, 0.6) is 5.75 Å². The van der Waals surface area contributed by atoms with Crippen molar-refractivity contribution in [3.05, 3.63) is 115 Å². The van der Waals surface area contributed by atoms with Crippen molar-refractivity contribution in [2.24, 2.45) is 0 Å². The lowest BCUT2D eigenvalue weighted by Gasteiger charge is -2.11. The first-order valence-corrected chi connectivity index (χ1v) is 17.1. The van der Waals surface area contributed by atoms with E-state index in [-0.39, 0.29) is 29.7 Å².